The van der Waals surface area contributed by atoms with Gasteiger partial charge in [-0.15, -0.1) is 0 Å². The van der Waals surface area contributed by atoms with Crippen LogP contribution in [0.1, 0.15) is 12.1 Å². The Hall–Kier alpha value is -1.36. The Morgan fingerprint density at radius 3 is 2.92 bits per heavy atom. The van der Waals surface area contributed by atoms with E-state index in [1.807, 2.05) is 6.92 Å². The van der Waals surface area contributed by atoms with Crippen molar-refractivity contribution in [3.8, 4) is 0 Å². The first-order valence-corrected chi connectivity index (χ1v) is 3.98. The highest BCUT2D eigenvalue weighted by Gasteiger charge is 2.10. The Morgan fingerprint density at radius 1 is 1.77 bits per heavy atom. The summed E-state index contributed by atoms with van der Waals surface area (Å²) in [5, 5.41) is 21.6. The predicted octanol–water partition coefficient (Wildman–Crippen LogP) is 0.0271. The molecule has 5 nitrogen and oxygen atoms in total. The smallest absolute Gasteiger partial charge is 0.306 e. The summed E-state index contributed by atoms with van der Waals surface area (Å²) in [7, 11) is 0. The highest BCUT2D eigenvalue weighted by atomic mass is 16.4. The van der Waals surface area contributed by atoms with Crippen LogP contribution in [0.4, 0.5) is 0 Å². The van der Waals surface area contributed by atoms with Gasteiger partial charge in [0, 0.05) is 11.9 Å². The van der Waals surface area contributed by atoms with Crippen molar-refractivity contribution in [1.29, 1.82) is 0 Å². The van der Waals surface area contributed by atoms with Gasteiger partial charge < -0.3 is 10.2 Å². The second-order valence-corrected chi connectivity index (χ2v) is 2.91. The lowest BCUT2D eigenvalue weighted by molar-refractivity contribution is -0.139. The number of carbonyl (C=O) groups is 1. The highest BCUT2D eigenvalue weighted by molar-refractivity contribution is 5.67. The van der Waals surface area contributed by atoms with Crippen molar-refractivity contribution in [2.24, 2.45) is 0 Å². The van der Waals surface area contributed by atoms with Crippen LogP contribution in [0.15, 0.2) is 12.3 Å². The number of aryl methyl sites for hydroxylation is 1. The molecular weight excluding hydrogens is 172 g/mol. The third-order valence-electron chi connectivity index (χ3n) is 1.72. The van der Waals surface area contributed by atoms with Crippen LogP contribution in [-0.4, -0.2) is 32.1 Å². The quantitative estimate of drug-likeness (QED) is 0.692. The second-order valence-electron chi connectivity index (χ2n) is 2.91. The van der Waals surface area contributed by atoms with Gasteiger partial charge in [-0.3, -0.25) is 9.48 Å². The first kappa shape index (κ1) is 9.73. The summed E-state index contributed by atoms with van der Waals surface area (Å²) in [6.07, 6.45) is 0.485. The molecule has 2 N–H and O–H groups in total. The lowest BCUT2D eigenvalue weighted by Crippen LogP contribution is -2.20. The predicted molar refractivity (Wildman–Crippen MR) is 45.2 cm³/mol. The fourth-order valence-electron chi connectivity index (χ4n) is 1.06. The van der Waals surface area contributed by atoms with E-state index in [0.29, 0.717) is 0 Å². The van der Waals surface area contributed by atoms with Crippen LogP contribution in [0.25, 0.3) is 0 Å². The van der Waals surface area contributed by atoms with Crippen LogP contribution in [-0.2, 0) is 11.3 Å². The molecule has 0 aliphatic rings. The summed E-state index contributed by atoms with van der Waals surface area (Å²) in [6, 6.07) is 1.80. The van der Waals surface area contributed by atoms with Gasteiger partial charge >= 0.3 is 5.97 Å². The van der Waals surface area contributed by atoms with E-state index in [-0.39, 0.29) is 13.0 Å². The number of aliphatic hydroxyl groups excluding tert-OH is 1. The molecule has 0 radical (unpaired) electrons. The third-order valence-corrected chi connectivity index (χ3v) is 1.72. The van der Waals surface area contributed by atoms with E-state index in [2.05, 4.69) is 5.10 Å². The first-order valence-electron chi connectivity index (χ1n) is 3.98. The second kappa shape index (κ2) is 4.04. The lowest BCUT2D eigenvalue weighted by atomic mass is 10.2. The molecule has 0 bridgehead atoms. The summed E-state index contributed by atoms with van der Waals surface area (Å²) in [6.45, 7) is 2.08. The molecule has 1 aromatic heterocycles. The molecule has 0 fully saturated rings. The molecule has 0 saturated carbocycles. The van der Waals surface area contributed by atoms with E-state index in [1.54, 1.807) is 16.9 Å². The van der Waals surface area contributed by atoms with Crippen molar-refractivity contribution in [1.82, 2.24) is 9.78 Å². The molecule has 0 aromatic carbocycles. The van der Waals surface area contributed by atoms with E-state index in [9.17, 15) is 9.90 Å². The zero-order chi connectivity index (χ0) is 9.84. The first-order chi connectivity index (χ1) is 6.09. The number of aliphatic hydroxyl groups is 1. The van der Waals surface area contributed by atoms with Gasteiger partial charge in [-0.2, -0.15) is 5.10 Å². The number of aromatic nitrogens is 2. The number of carboxylic acid groups (broad SMARTS) is 1. The van der Waals surface area contributed by atoms with E-state index in [0.717, 1.165) is 5.69 Å². The number of nitrogens with zero attached hydrogens (tertiary/aromatic N) is 2. The maximum absolute atomic E-state index is 10.2. The number of carboxylic acids is 1. The zero-order valence-electron chi connectivity index (χ0n) is 7.34. The van der Waals surface area contributed by atoms with Gasteiger partial charge in [0.05, 0.1) is 19.1 Å². The minimum absolute atomic E-state index is 0.227. The maximum atomic E-state index is 10.2. The van der Waals surface area contributed by atoms with Crippen molar-refractivity contribution in [3.63, 3.8) is 0 Å². The molecule has 1 aromatic rings. The molecule has 1 rings (SSSR count). The molecule has 13 heavy (non-hydrogen) atoms. The van der Waals surface area contributed by atoms with E-state index >= 15 is 0 Å². The van der Waals surface area contributed by atoms with Crippen molar-refractivity contribution < 1.29 is 15.0 Å². The van der Waals surface area contributed by atoms with Gasteiger partial charge in [0.25, 0.3) is 0 Å². The summed E-state index contributed by atoms with van der Waals surface area (Å²) >= 11 is 0. The average Bonchev–Trinajstić information content (AvgIpc) is 2.34. The van der Waals surface area contributed by atoms with Gasteiger partial charge in [-0.25, -0.2) is 0 Å². The Labute approximate surface area is 75.6 Å². The molecule has 0 aliphatic carbocycles. The largest absolute Gasteiger partial charge is 0.481 e. The van der Waals surface area contributed by atoms with Crippen LogP contribution < -0.4 is 0 Å². The van der Waals surface area contributed by atoms with Gasteiger partial charge in [0.15, 0.2) is 0 Å². The maximum Gasteiger partial charge on any atom is 0.306 e. The fraction of sp³-hybridized carbons (Fsp3) is 0.500. The van der Waals surface area contributed by atoms with Crippen molar-refractivity contribution in [3.05, 3.63) is 18.0 Å². The van der Waals surface area contributed by atoms with Gasteiger partial charge in [-0.1, -0.05) is 0 Å². The van der Waals surface area contributed by atoms with Crippen LogP contribution in [0.3, 0.4) is 0 Å². The van der Waals surface area contributed by atoms with Gasteiger partial charge in [0.2, 0.25) is 0 Å². The standard InChI is InChI=1S/C8H12N2O3/c1-6-2-3-9-10(6)5-7(11)4-8(12)13/h2-3,7,11H,4-5H2,1H3,(H,12,13). The number of aliphatic carboxylic acids is 1. The summed E-state index contributed by atoms with van der Waals surface area (Å²) < 4.78 is 1.58. The monoisotopic (exact) mass is 184 g/mol. The van der Waals surface area contributed by atoms with Crippen molar-refractivity contribution in [2.75, 3.05) is 0 Å². The molecule has 72 valence electrons. The van der Waals surface area contributed by atoms with Crippen LogP contribution in [0, 0.1) is 6.92 Å². The van der Waals surface area contributed by atoms with Gasteiger partial charge in [0.1, 0.15) is 0 Å². The van der Waals surface area contributed by atoms with E-state index in [4.69, 9.17) is 5.11 Å². The fourth-order valence-corrected chi connectivity index (χ4v) is 1.06. The van der Waals surface area contributed by atoms with Crippen LogP contribution >= 0.6 is 0 Å². The number of rotatable bonds is 4. The molecule has 0 saturated heterocycles. The van der Waals surface area contributed by atoms with Crippen LogP contribution in [0.5, 0.6) is 0 Å². The number of hydrogen-bond donors (Lipinski definition) is 2. The van der Waals surface area contributed by atoms with Crippen LogP contribution in [0.2, 0.25) is 0 Å². The molecule has 0 amide bonds. The molecule has 5 heteroatoms. The molecule has 0 aliphatic heterocycles. The summed E-state index contributed by atoms with van der Waals surface area (Å²) in [5.41, 5.74) is 0.907. The van der Waals surface area contributed by atoms with Crippen molar-refractivity contribution >= 4 is 5.97 Å². The topological polar surface area (TPSA) is 75.3 Å². The van der Waals surface area contributed by atoms with Crippen molar-refractivity contribution in [2.45, 2.75) is 26.0 Å². The molecule has 1 heterocycles. The minimum Gasteiger partial charge on any atom is -0.481 e. The SMILES string of the molecule is Cc1ccnn1CC(O)CC(=O)O. The molecule has 0 spiro atoms. The third kappa shape index (κ3) is 2.87. The van der Waals surface area contributed by atoms with Gasteiger partial charge in [-0.05, 0) is 13.0 Å². The Balaban J connectivity index is 2.49. The Bertz CT molecular complexity index is 295. The summed E-state index contributed by atoms with van der Waals surface area (Å²) in [5.74, 6) is -1.00. The molecular formula is C8H12N2O3. The average molecular weight is 184 g/mol. The normalized spacial score (nSPS) is 12.8. The van der Waals surface area contributed by atoms with E-state index in [1.165, 1.54) is 0 Å². The Morgan fingerprint density at radius 2 is 2.46 bits per heavy atom. The molecule has 1 atom stereocenters. The summed E-state index contributed by atoms with van der Waals surface area (Å²) in [4.78, 5) is 10.2. The Kier molecular flexibility index (Phi) is 3.02. The number of hydrogen-bond acceptors (Lipinski definition) is 3. The highest BCUT2D eigenvalue weighted by Crippen LogP contribution is 2.00. The molecule has 1 unspecified atom stereocenters. The lowest BCUT2D eigenvalue weighted by Gasteiger charge is -2.09. The van der Waals surface area contributed by atoms with E-state index < -0.39 is 12.1 Å². The minimum atomic E-state index is -1.00. The zero-order valence-corrected chi connectivity index (χ0v) is 7.34.